The molecule has 0 radical (unpaired) electrons. The van der Waals surface area contributed by atoms with E-state index in [1.54, 1.807) is 0 Å². The first kappa shape index (κ1) is 29.0. The Morgan fingerprint density at radius 1 is 0.208 bits per heavy atom. The third kappa shape index (κ3) is 5.93. The molecule has 0 unspecified atom stereocenters. The molecule has 0 aliphatic carbocycles. The van der Waals surface area contributed by atoms with Crippen molar-refractivity contribution in [2.45, 2.75) is 0 Å². The summed E-state index contributed by atoms with van der Waals surface area (Å²) in [4.78, 5) is 15.2. The zero-order chi connectivity index (χ0) is 32.1. The van der Waals surface area contributed by atoms with Crippen LogP contribution >= 0.6 is 0 Å². The standard InChI is InChI=1S/C45H31N3/c1-5-16-32(17-6-1)36-24-15-25-37(30-36)44-46-43(35-22-11-4-12-23-35)47-45(48-44)38-28-29-41(42(31-38)34-20-9-3-10-21-34)40-27-14-13-26-39(40)33-18-7-2-8-19-33/h1-31H. The van der Waals surface area contributed by atoms with Gasteiger partial charge in [0.1, 0.15) is 0 Å². The van der Waals surface area contributed by atoms with E-state index in [4.69, 9.17) is 15.0 Å². The maximum absolute atomic E-state index is 5.11. The fraction of sp³-hybridized carbons (Fsp3) is 0. The fourth-order valence-corrected chi connectivity index (χ4v) is 6.18. The molecule has 8 aromatic rings. The molecule has 1 heterocycles. The van der Waals surface area contributed by atoms with Crippen LogP contribution in [0.15, 0.2) is 188 Å². The van der Waals surface area contributed by atoms with Crippen molar-refractivity contribution in [3.8, 4) is 78.7 Å². The quantitative estimate of drug-likeness (QED) is 0.179. The molecule has 0 bridgehead atoms. The average Bonchev–Trinajstić information content (AvgIpc) is 3.19. The highest BCUT2D eigenvalue weighted by Gasteiger charge is 2.17. The van der Waals surface area contributed by atoms with E-state index in [1.165, 1.54) is 16.7 Å². The second-order valence-electron chi connectivity index (χ2n) is 11.7. The van der Waals surface area contributed by atoms with Gasteiger partial charge in [0.15, 0.2) is 17.5 Å². The van der Waals surface area contributed by atoms with Gasteiger partial charge >= 0.3 is 0 Å². The monoisotopic (exact) mass is 613 g/mol. The molecule has 3 heteroatoms. The third-order valence-electron chi connectivity index (χ3n) is 8.56. The first-order chi connectivity index (χ1) is 23.8. The Kier molecular flexibility index (Phi) is 7.92. The molecule has 7 aromatic carbocycles. The molecule has 0 aliphatic heterocycles. The Morgan fingerprint density at radius 3 is 1.21 bits per heavy atom. The summed E-state index contributed by atoms with van der Waals surface area (Å²) in [5.74, 6) is 1.90. The Bertz CT molecular complexity index is 2320. The molecule has 0 atom stereocenters. The first-order valence-corrected chi connectivity index (χ1v) is 16.1. The molecule has 1 aromatic heterocycles. The number of hydrogen-bond donors (Lipinski definition) is 0. The van der Waals surface area contributed by atoms with Crippen LogP contribution in [0.3, 0.4) is 0 Å². The zero-order valence-electron chi connectivity index (χ0n) is 26.2. The van der Waals surface area contributed by atoms with Gasteiger partial charge in [-0.1, -0.05) is 176 Å². The third-order valence-corrected chi connectivity index (χ3v) is 8.56. The van der Waals surface area contributed by atoms with Gasteiger partial charge in [0.25, 0.3) is 0 Å². The van der Waals surface area contributed by atoms with Crippen LogP contribution in [0.4, 0.5) is 0 Å². The molecule has 0 amide bonds. The van der Waals surface area contributed by atoms with E-state index in [0.717, 1.165) is 44.5 Å². The van der Waals surface area contributed by atoms with Gasteiger partial charge < -0.3 is 0 Å². The van der Waals surface area contributed by atoms with Gasteiger partial charge in [0.05, 0.1) is 0 Å². The van der Waals surface area contributed by atoms with E-state index in [2.05, 4.69) is 152 Å². The fourth-order valence-electron chi connectivity index (χ4n) is 6.18. The lowest BCUT2D eigenvalue weighted by molar-refractivity contribution is 1.07. The summed E-state index contributed by atoms with van der Waals surface area (Å²) in [6.45, 7) is 0. The van der Waals surface area contributed by atoms with Gasteiger partial charge in [-0.25, -0.2) is 15.0 Å². The Balaban J connectivity index is 1.31. The second-order valence-corrected chi connectivity index (χ2v) is 11.7. The average molecular weight is 614 g/mol. The Labute approximate surface area is 280 Å². The number of hydrogen-bond acceptors (Lipinski definition) is 3. The molecule has 3 nitrogen and oxygen atoms in total. The maximum Gasteiger partial charge on any atom is 0.164 e. The number of rotatable bonds is 7. The van der Waals surface area contributed by atoms with Crippen LogP contribution in [0.5, 0.6) is 0 Å². The predicted molar refractivity (Wildman–Crippen MR) is 198 cm³/mol. The van der Waals surface area contributed by atoms with Crippen molar-refractivity contribution < 1.29 is 0 Å². The minimum absolute atomic E-state index is 0.629. The van der Waals surface area contributed by atoms with Gasteiger partial charge in [-0.15, -0.1) is 0 Å². The van der Waals surface area contributed by atoms with Crippen LogP contribution in [0.2, 0.25) is 0 Å². The minimum Gasteiger partial charge on any atom is -0.208 e. The van der Waals surface area contributed by atoms with Crippen molar-refractivity contribution in [2.24, 2.45) is 0 Å². The molecule has 0 aliphatic rings. The van der Waals surface area contributed by atoms with Gasteiger partial charge in [-0.3, -0.25) is 0 Å². The van der Waals surface area contributed by atoms with Gasteiger partial charge in [-0.2, -0.15) is 0 Å². The predicted octanol–water partition coefficient (Wildman–Crippen LogP) is 11.5. The lowest BCUT2D eigenvalue weighted by Gasteiger charge is -2.16. The molecule has 0 fully saturated rings. The van der Waals surface area contributed by atoms with Crippen LogP contribution in [0.1, 0.15) is 0 Å². The van der Waals surface area contributed by atoms with Gasteiger partial charge in [-0.05, 0) is 56.6 Å². The van der Waals surface area contributed by atoms with Crippen molar-refractivity contribution in [2.75, 3.05) is 0 Å². The summed E-state index contributed by atoms with van der Waals surface area (Å²) in [6.07, 6.45) is 0. The van der Waals surface area contributed by atoms with E-state index in [9.17, 15) is 0 Å². The molecule has 8 rings (SSSR count). The van der Waals surface area contributed by atoms with Crippen LogP contribution in [0.25, 0.3) is 78.7 Å². The largest absolute Gasteiger partial charge is 0.208 e. The summed E-state index contributed by atoms with van der Waals surface area (Å²) in [6, 6.07) is 65.2. The molecule has 0 spiro atoms. The number of benzene rings is 7. The van der Waals surface area contributed by atoms with E-state index in [-0.39, 0.29) is 0 Å². The van der Waals surface area contributed by atoms with E-state index < -0.39 is 0 Å². The molecule has 0 saturated heterocycles. The molecule has 0 N–H and O–H groups in total. The van der Waals surface area contributed by atoms with E-state index >= 15 is 0 Å². The van der Waals surface area contributed by atoms with Crippen LogP contribution in [-0.2, 0) is 0 Å². The summed E-state index contributed by atoms with van der Waals surface area (Å²) in [5.41, 5.74) is 12.0. The highest BCUT2D eigenvalue weighted by Crippen LogP contribution is 2.40. The van der Waals surface area contributed by atoms with Gasteiger partial charge in [0, 0.05) is 16.7 Å². The summed E-state index contributed by atoms with van der Waals surface area (Å²) >= 11 is 0. The van der Waals surface area contributed by atoms with Crippen molar-refractivity contribution in [1.29, 1.82) is 0 Å². The zero-order valence-corrected chi connectivity index (χ0v) is 26.2. The first-order valence-electron chi connectivity index (χ1n) is 16.1. The van der Waals surface area contributed by atoms with E-state index in [0.29, 0.717) is 17.5 Å². The van der Waals surface area contributed by atoms with Crippen molar-refractivity contribution in [3.63, 3.8) is 0 Å². The minimum atomic E-state index is 0.629. The van der Waals surface area contributed by atoms with Gasteiger partial charge in [0.2, 0.25) is 0 Å². The molecular formula is C45H31N3. The summed E-state index contributed by atoms with van der Waals surface area (Å²) in [7, 11) is 0. The van der Waals surface area contributed by atoms with Crippen molar-refractivity contribution in [3.05, 3.63) is 188 Å². The number of aromatic nitrogens is 3. The highest BCUT2D eigenvalue weighted by molar-refractivity contribution is 5.93. The lowest BCUT2D eigenvalue weighted by Crippen LogP contribution is -2.01. The number of nitrogens with zero attached hydrogens (tertiary/aromatic N) is 3. The molecule has 48 heavy (non-hydrogen) atoms. The Hall–Kier alpha value is -6.45. The van der Waals surface area contributed by atoms with Crippen LogP contribution in [-0.4, -0.2) is 15.0 Å². The molecular weight excluding hydrogens is 583 g/mol. The van der Waals surface area contributed by atoms with Crippen LogP contribution < -0.4 is 0 Å². The topological polar surface area (TPSA) is 38.7 Å². The Morgan fingerprint density at radius 2 is 0.604 bits per heavy atom. The SMILES string of the molecule is c1ccc(-c2cccc(-c3nc(-c4ccccc4)nc(-c4ccc(-c5ccccc5-c5ccccc5)c(-c5ccccc5)c4)n3)c2)cc1. The molecule has 0 saturated carbocycles. The highest BCUT2D eigenvalue weighted by atomic mass is 15.0. The van der Waals surface area contributed by atoms with Crippen molar-refractivity contribution >= 4 is 0 Å². The summed E-state index contributed by atoms with van der Waals surface area (Å²) in [5, 5.41) is 0. The van der Waals surface area contributed by atoms with E-state index in [1.807, 2.05) is 36.4 Å². The van der Waals surface area contributed by atoms with Crippen molar-refractivity contribution in [1.82, 2.24) is 15.0 Å². The lowest BCUT2D eigenvalue weighted by atomic mass is 9.88. The summed E-state index contributed by atoms with van der Waals surface area (Å²) < 4.78 is 0. The smallest absolute Gasteiger partial charge is 0.164 e. The van der Waals surface area contributed by atoms with Crippen LogP contribution in [0, 0.1) is 0 Å². The normalized spacial score (nSPS) is 10.9. The second kappa shape index (κ2) is 13.1. The maximum atomic E-state index is 5.11. The molecule has 226 valence electrons.